The molecule has 1 fully saturated rings. The molecule has 0 spiro atoms. The summed E-state index contributed by atoms with van der Waals surface area (Å²) >= 11 is 0. The predicted molar refractivity (Wildman–Crippen MR) is 125 cm³/mol. The number of guanidine groups is 1. The fourth-order valence-corrected chi connectivity index (χ4v) is 3.54. The van der Waals surface area contributed by atoms with E-state index in [-0.39, 0.29) is 36.5 Å². The molecule has 3 N–H and O–H groups in total. The standard InChI is InChI=1S/C21H36N4O.HI/c1-4-22-21(23-13-18(3)25-12-8-9-17(2)15-25)24-14-20(16-26)19-10-6-5-7-11-19;/h5-7,10-11,17-18,20,26H,4,8-9,12-16H2,1-3H3,(H2,22,23,24);1H. The van der Waals surface area contributed by atoms with Crippen LogP contribution >= 0.6 is 24.0 Å². The highest BCUT2D eigenvalue weighted by Crippen LogP contribution is 2.17. The zero-order valence-electron chi connectivity index (χ0n) is 17.0. The monoisotopic (exact) mass is 488 g/mol. The van der Waals surface area contributed by atoms with Gasteiger partial charge in [0.2, 0.25) is 0 Å². The number of hydrogen-bond donors (Lipinski definition) is 3. The highest BCUT2D eigenvalue weighted by atomic mass is 127. The lowest BCUT2D eigenvalue weighted by atomic mass is 9.99. The number of benzene rings is 1. The van der Waals surface area contributed by atoms with E-state index in [4.69, 9.17) is 4.99 Å². The maximum absolute atomic E-state index is 9.73. The molecule has 1 aliphatic rings. The second-order valence-electron chi connectivity index (χ2n) is 7.48. The smallest absolute Gasteiger partial charge is 0.191 e. The van der Waals surface area contributed by atoms with Crippen molar-refractivity contribution in [2.75, 3.05) is 39.3 Å². The molecule has 0 bridgehead atoms. The summed E-state index contributed by atoms with van der Waals surface area (Å²) in [7, 11) is 0. The summed E-state index contributed by atoms with van der Waals surface area (Å²) in [6.07, 6.45) is 2.64. The highest BCUT2D eigenvalue weighted by molar-refractivity contribution is 14.0. The van der Waals surface area contributed by atoms with Gasteiger partial charge in [-0.25, -0.2) is 0 Å². The van der Waals surface area contributed by atoms with Crippen molar-refractivity contribution in [2.24, 2.45) is 10.9 Å². The van der Waals surface area contributed by atoms with Gasteiger partial charge in [-0.15, -0.1) is 24.0 Å². The molecular weight excluding hydrogens is 451 g/mol. The van der Waals surface area contributed by atoms with Crippen LogP contribution in [0.15, 0.2) is 35.3 Å². The van der Waals surface area contributed by atoms with E-state index in [1.807, 2.05) is 18.2 Å². The molecule has 5 nitrogen and oxygen atoms in total. The van der Waals surface area contributed by atoms with Crippen LogP contribution in [0.1, 0.15) is 45.1 Å². The summed E-state index contributed by atoms with van der Waals surface area (Å²) < 4.78 is 0. The highest BCUT2D eigenvalue weighted by Gasteiger charge is 2.20. The number of likely N-dealkylation sites (tertiary alicyclic amines) is 1. The molecule has 6 heteroatoms. The molecule has 154 valence electrons. The number of piperidine rings is 1. The van der Waals surface area contributed by atoms with Crippen LogP contribution in [-0.2, 0) is 0 Å². The van der Waals surface area contributed by atoms with Crippen LogP contribution in [0.3, 0.4) is 0 Å². The number of aliphatic hydroxyl groups is 1. The van der Waals surface area contributed by atoms with Gasteiger partial charge in [0.15, 0.2) is 5.96 Å². The van der Waals surface area contributed by atoms with Crippen LogP contribution in [0.4, 0.5) is 0 Å². The van der Waals surface area contributed by atoms with E-state index in [9.17, 15) is 5.11 Å². The first-order chi connectivity index (χ1) is 12.6. The van der Waals surface area contributed by atoms with Crippen LogP contribution in [0.5, 0.6) is 0 Å². The van der Waals surface area contributed by atoms with Gasteiger partial charge in [0, 0.05) is 31.6 Å². The van der Waals surface area contributed by atoms with E-state index >= 15 is 0 Å². The Bertz CT molecular complexity index is 540. The van der Waals surface area contributed by atoms with Crippen LogP contribution in [-0.4, -0.2) is 61.3 Å². The van der Waals surface area contributed by atoms with Crippen molar-refractivity contribution in [1.29, 1.82) is 0 Å². The third-order valence-corrected chi connectivity index (χ3v) is 5.18. The lowest BCUT2D eigenvalue weighted by Gasteiger charge is -2.35. The molecule has 0 aromatic heterocycles. The van der Waals surface area contributed by atoms with E-state index < -0.39 is 0 Å². The zero-order valence-corrected chi connectivity index (χ0v) is 19.4. The number of halogens is 1. The first-order valence-corrected chi connectivity index (χ1v) is 10.1. The third-order valence-electron chi connectivity index (χ3n) is 5.18. The molecule has 3 unspecified atom stereocenters. The summed E-state index contributed by atoms with van der Waals surface area (Å²) in [5.74, 6) is 1.69. The van der Waals surface area contributed by atoms with Crippen molar-refractivity contribution < 1.29 is 5.11 Å². The van der Waals surface area contributed by atoms with Crippen molar-refractivity contribution in [3.05, 3.63) is 35.9 Å². The first kappa shape index (κ1) is 24.2. The second kappa shape index (κ2) is 13.3. The number of rotatable bonds is 8. The molecule has 0 amide bonds. The Morgan fingerprint density at radius 2 is 2.04 bits per heavy atom. The molecular formula is C21H37IN4O. The van der Waals surface area contributed by atoms with Gasteiger partial charge in [-0.2, -0.15) is 0 Å². The van der Waals surface area contributed by atoms with Gasteiger partial charge >= 0.3 is 0 Å². The Kier molecular flexibility index (Phi) is 11.9. The molecule has 0 radical (unpaired) electrons. The molecule has 2 rings (SSSR count). The van der Waals surface area contributed by atoms with Gasteiger partial charge in [0.1, 0.15) is 0 Å². The van der Waals surface area contributed by atoms with Crippen LogP contribution < -0.4 is 10.6 Å². The summed E-state index contributed by atoms with van der Waals surface area (Å²) in [5.41, 5.74) is 1.15. The Balaban J connectivity index is 0.00000364. The van der Waals surface area contributed by atoms with Gasteiger partial charge in [-0.05, 0) is 44.7 Å². The topological polar surface area (TPSA) is 59.9 Å². The Morgan fingerprint density at radius 1 is 1.30 bits per heavy atom. The van der Waals surface area contributed by atoms with Crippen LogP contribution in [0.2, 0.25) is 0 Å². The number of nitrogens with zero attached hydrogens (tertiary/aromatic N) is 2. The normalized spacial score (nSPS) is 20.4. The molecule has 1 aliphatic heterocycles. The average molecular weight is 488 g/mol. The van der Waals surface area contributed by atoms with Crippen molar-refractivity contribution in [3.63, 3.8) is 0 Å². The molecule has 3 atom stereocenters. The number of aliphatic hydroxyl groups excluding tert-OH is 1. The zero-order chi connectivity index (χ0) is 18.8. The largest absolute Gasteiger partial charge is 0.396 e. The van der Waals surface area contributed by atoms with Crippen LogP contribution in [0, 0.1) is 5.92 Å². The van der Waals surface area contributed by atoms with Crippen LogP contribution in [0.25, 0.3) is 0 Å². The first-order valence-electron chi connectivity index (χ1n) is 10.1. The van der Waals surface area contributed by atoms with Gasteiger partial charge in [0.25, 0.3) is 0 Å². The van der Waals surface area contributed by atoms with Crippen molar-refractivity contribution >= 4 is 29.9 Å². The van der Waals surface area contributed by atoms with E-state index in [2.05, 4.69) is 48.4 Å². The minimum absolute atomic E-state index is 0. The Labute approximate surface area is 182 Å². The predicted octanol–water partition coefficient (Wildman–Crippen LogP) is 3.06. The van der Waals surface area contributed by atoms with Gasteiger partial charge in [-0.1, -0.05) is 37.3 Å². The van der Waals surface area contributed by atoms with E-state index in [0.29, 0.717) is 12.6 Å². The van der Waals surface area contributed by atoms with Gasteiger partial charge < -0.3 is 15.7 Å². The van der Waals surface area contributed by atoms with Crippen molar-refractivity contribution in [1.82, 2.24) is 15.5 Å². The van der Waals surface area contributed by atoms with Crippen molar-refractivity contribution in [2.45, 2.75) is 45.6 Å². The van der Waals surface area contributed by atoms with E-state index in [1.54, 1.807) is 0 Å². The molecule has 0 aliphatic carbocycles. The maximum Gasteiger partial charge on any atom is 0.191 e. The van der Waals surface area contributed by atoms with E-state index in [1.165, 1.54) is 25.9 Å². The molecule has 27 heavy (non-hydrogen) atoms. The molecule has 1 aromatic rings. The molecule has 1 heterocycles. The quantitative estimate of drug-likeness (QED) is 0.299. The number of hydrogen-bond acceptors (Lipinski definition) is 3. The summed E-state index contributed by atoms with van der Waals surface area (Å²) in [4.78, 5) is 7.34. The minimum atomic E-state index is 0. The van der Waals surface area contributed by atoms with Crippen molar-refractivity contribution in [3.8, 4) is 0 Å². The maximum atomic E-state index is 9.73. The van der Waals surface area contributed by atoms with Gasteiger partial charge in [-0.3, -0.25) is 9.89 Å². The van der Waals surface area contributed by atoms with E-state index in [0.717, 1.165) is 30.5 Å². The molecule has 0 saturated carbocycles. The summed E-state index contributed by atoms with van der Waals surface area (Å²) in [5, 5.41) is 16.4. The number of aliphatic imine (C=N–C) groups is 1. The summed E-state index contributed by atoms with van der Waals surface area (Å²) in [6, 6.07) is 10.6. The van der Waals surface area contributed by atoms with Gasteiger partial charge in [0.05, 0.1) is 13.2 Å². The average Bonchev–Trinajstić information content (AvgIpc) is 2.67. The SMILES string of the molecule is CCNC(=NCC(C)N1CCCC(C)C1)NCC(CO)c1ccccc1.I. The minimum Gasteiger partial charge on any atom is -0.396 e. The molecule has 1 aromatic carbocycles. The second-order valence-corrected chi connectivity index (χ2v) is 7.48. The Hall–Kier alpha value is -0.860. The molecule has 1 saturated heterocycles. The lowest BCUT2D eigenvalue weighted by molar-refractivity contribution is 0.142. The summed E-state index contributed by atoms with van der Waals surface area (Å²) in [6.45, 7) is 11.5. The number of nitrogens with one attached hydrogen (secondary N) is 2. The lowest BCUT2D eigenvalue weighted by Crippen LogP contribution is -2.44. The fraction of sp³-hybridized carbons (Fsp3) is 0.667. The third kappa shape index (κ3) is 8.35. The Morgan fingerprint density at radius 3 is 2.67 bits per heavy atom. The fourth-order valence-electron chi connectivity index (χ4n) is 3.54.